The molecule has 1 aromatic heterocycles. The van der Waals surface area contributed by atoms with Crippen LogP contribution in [0.3, 0.4) is 0 Å². The number of halogens is 1. The highest BCUT2D eigenvalue weighted by molar-refractivity contribution is 9.10. The van der Waals surface area contributed by atoms with Gasteiger partial charge in [-0.3, -0.25) is 4.72 Å². The highest BCUT2D eigenvalue weighted by atomic mass is 79.9. The van der Waals surface area contributed by atoms with Crippen molar-refractivity contribution in [3.05, 3.63) is 16.7 Å². The molecule has 0 aliphatic heterocycles. The molecule has 8 heteroatoms. The van der Waals surface area contributed by atoms with Crippen molar-refractivity contribution in [2.75, 3.05) is 24.1 Å². The van der Waals surface area contributed by atoms with E-state index in [1.807, 2.05) is 0 Å². The molecule has 6 nitrogen and oxygen atoms in total. The molecular weight excluding hydrogens is 346 g/mol. The maximum Gasteiger partial charge on any atom is 0.238 e. The van der Waals surface area contributed by atoms with Crippen molar-refractivity contribution in [3.63, 3.8) is 0 Å². The number of hydrogen-bond acceptors (Lipinski definition) is 5. The Balaban J connectivity index is 2.70. The van der Waals surface area contributed by atoms with Crippen molar-refractivity contribution in [2.24, 2.45) is 0 Å². The van der Waals surface area contributed by atoms with Gasteiger partial charge in [-0.25, -0.2) is 13.4 Å². The van der Waals surface area contributed by atoms with E-state index >= 15 is 0 Å². The number of aromatic nitrogens is 1. The number of sulfonamides is 1. The summed E-state index contributed by atoms with van der Waals surface area (Å²) in [6, 6.07) is 1.61. The molecule has 0 aliphatic carbocycles. The van der Waals surface area contributed by atoms with Crippen LogP contribution in [0.4, 0.5) is 5.69 Å². The van der Waals surface area contributed by atoms with Gasteiger partial charge in [0.2, 0.25) is 15.9 Å². The summed E-state index contributed by atoms with van der Waals surface area (Å²) in [5.74, 6) is 0.259. The molecular formula is C12H20BrN3O3S. The topological polar surface area (TPSA) is 80.3 Å². The van der Waals surface area contributed by atoms with E-state index in [2.05, 4.69) is 51.7 Å². The second-order valence-corrected chi connectivity index (χ2v) is 8.07. The summed E-state index contributed by atoms with van der Waals surface area (Å²) < 4.78 is 31.2. The average Bonchev–Trinajstić information content (AvgIpc) is 2.23. The summed E-state index contributed by atoms with van der Waals surface area (Å²) in [5.41, 5.74) is 0.322. The second-order valence-electron chi connectivity index (χ2n) is 5.41. The Morgan fingerprint density at radius 2 is 2.05 bits per heavy atom. The van der Waals surface area contributed by atoms with Crippen LogP contribution in [0, 0.1) is 0 Å². The van der Waals surface area contributed by atoms with Gasteiger partial charge in [0.05, 0.1) is 6.26 Å². The lowest BCUT2D eigenvalue weighted by atomic mass is 10.1. The van der Waals surface area contributed by atoms with Gasteiger partial charge in [0, 0.05) is 22.8 Å². The van der Waals surface area contributed by atoms with Crippen LogP contribution < -0.4 is 14.8 Å². The van der Waals surface area contributed by atoms with E-state index in [1.54, 1.807) is 12.3 Å². The first-order valence-electron chi connectivity index (χ1n) is 6.08. The summed E-state index contributed by atoms with van der Waals surface area (Å²) in [6.45, 7) is 7.20. The zero-order valence-corrected chi connectivity index (χ0v) is 14.4. The SMILES string of the molecule is CC(C)(C)NCCOc1ncc(Br)cc1NS(C)(=O)=O. The highest BCUT2D eigenvalue weighted by Crippen LogP contribution is 2.25. The Morgan fingerprint density at radius 1 is 1.40 bits per heavy atom. The Hall–Kier alpha value is -0.860. The van der Waals surface area contributed by atoms with Crippen molar-refractivity contribution < 1.29 is 13.2 Å². The third-order valence-corrected chi connectivity index (χ3v) is 3.13. The monoisotopic (exact) mass is 365 g/mol. The first kappa shape index (κ1) is 17.2. The maximum atomic E-state index is 11.3. The number of pyridine rings is 1. The minimum Gasteiger partial charge on any atom is -0.475 e. The molecule has 0 radical (unpaired) electrons. The number of nitrogens with zero attached hydrogens (tertiary/aromatic N) is 1. The van der Waals surface area contributed by atoms with Crippen LogP contribution in [0.25, 0.3) is 0 Å². The van der Waals surface area contributed by atoms with E-state index in [0.717, 1.165) is 6.26 Å². The molecule has 20 heavy (non-hydrogen) atoms. The lowest BCUT2D eigenvalue weighted by molar-refractivity contribution is 0.283. The summed E-state index contributed by atoms with van der Waals surface area (Å²) in [7, 11) is -3.38. The number of rotatable bonds is 6. The minimum atomic E-state index is -3.38. The van der Waals surface area contributed by atoms with E-state index in [0.29, 0.717) is 23.3 Å². The minimum absolute atomic E-state index is 0.00431. The van der Waals surface area contributed by atoms with Gasteiger partial charge < -0.3 is 10.1 Å². The fourth-order valence-corrected chi connectivity index (χ4v) is 2.27. The van der Waals surface area contributed by atoms with E-state index < -0.39 is 10.0 Å². The fraction of sp³-hybridized carbons (Fsp3) is 0.583. The Kier molecular flexibility index (Phi) is 5.79. The number of ether oxygens (including phenoxy) is 1. The van der Waals surface area contributed by atoms with Crippen LogP contribution >= 0.6 is 15.9 Å². The standard InChI is InChI=1S/C12H20BrN3O3S/c1-12(2,3)15-5-6-19-11-10(16-20(4,17)18)7-9(13)8-14-11/h7-8,15-16H,5-6H2,1-4H3. The van der Waals surface area contributed by atoms with Crippen LogP contribution in [0.1, 0.15) is 20.8 Å². The van der Waals surface area contributed by atoms with Crippen molar-refractivity contribution in [2.45, 2.75) is 26.3 Å². The van der Waals surface area contributed by atoms with Gasteiger partial charge in [-0.2, -0.15) is 0 Å². The van der Waals surface area contributed by atoms with Crippen molar-refractivity contribution in [1.82, 2.24) is 10.3 Å². The molecule has 0 aromatic carbocycles. The predicted molar refractivity (Wildman–Crippen MR) is 83.7 cm³/mol. The van der Waals surface area contributed by atoms with Crippen molar-refractivity contribution >= 4 is 31.6 Å². The summed E-state index contributed by atoms with van der Waals surface area (Å²) in [6.07, 6.45) is 2.64. The van der Waals surface area contributed by atoms with Crippen LogP contribution in [0.15, 0.2) is 16.7 Å². The Morgan fingerprint density at radius 3 is 2.60 bits per heavy atom. The third kappa shape index (κ3) is 7.06. The lowest BCUT2D eigenvalue weighted by Crippen LogP contribution is -2.38. The van der Waals surface area contributed by atoms with Gasteiger partial charge in [-0.1, -0.05) is 0 Å². The Labute approximate surface area is 128 Å². The zero-order valence-electron chi connectivity index (χ0n) is 12.0. The lowest BCUT2D eigenvalue weighted by Gasteiger charge is -2.20. The van der Waals surface area contributed by atoms with Gasteiger partial charge in [-0.05, 0) is 42.8 Å². The molecule has 0 amide bonds. The van der Waals surface area contributed by atoms with Gasteiger partial charge in [0.25, 0.3) is 0 Å². The number of anilines is 1. The summed E-state index contributed by atoms with van der Waals surface area (Å²) in [5, 5.41) is 3.27. The molecule has 114 valence electrons. The number of hydrogen-bond donors (Lipinski definition) is 2. The molecule has 0 fully saturated rings. The predicted octanol–water partition coefficient (Wildman–Crippen LogP) is 1.98. The van der Waals surface area contributed by atoms with Crippen LogP contribution in [-0.4, -0.2) is 38.3 Å². The molecule has 1 aromatic rings. The second kappa shape index (κ2) is 6.73. The van der Waals surface area contributed by atoms with Crippen LogP contribution in [0.2, 0.25) is 0 Å². The largest absolute Gasteiger partial charge is 0.475 e. The third-order valence-electron chi connectivity index (χ3n) is 2.11. The van der Waals surface area contributed by atoms with E-state index in [4.69, 9.17) is 4.74 Å². The van der Waals surface area contributed by atoms with Crippen LogP contribution in [-0.2, 0) is 10.0 Å². The Bertz CT molecular complexity index is 556. The molecule has 0 aliphatic rings. The molecule has 1 rings (SSSR count). The molecule has 0 atom stereocenters. The zero-order chi connectivity index (χ0) is 15.4. The quantitative estimate of drug-likeness (QED) is 0.753. The smallest absolute Gasteiger partial charge is 0.238 e. The molecule has 0 saturated heterocycles. The van der Waals surface area contributed by atoms with Crippen molar-refractivity contribution in [3.8, 4) is 5.88 Å². The van der Waals surface area contributed by atoms with E-state index in [9.17, 15) is 8.42 Å². The van der Waals surface area contributed by atoms with Gasteiger partial charge in [0.15, 0.2) is 0 Å². The normalized spacial score (nSPS) is 12.2. The van der Waals surface area contributed by atoms with Gasteiger partial charge >= 0.3 is 0 Å². The first-order chi connectivity index (χ1) is 9.07. The first-order valence-corrected chi connectivity index (χ1v) is 8.76. The van der Waals surface area contributed by atoms with Gasteiger partial charge in [-0.15, -0.1) is 0 Å². The summed E-state index contributed by atoms with van der Waals surface area (Å²) >= 11 is 3.25. The van der Waals surface area contributed by atoms with E-state index in [1.165, 1.54) is 0 Å². The molecule has 2 N–H and O–H groups in total. The van der Waals surface area contributed by atoms with Crippen molar-refractivity contribution in [1.29, 1.82) is 0 Å². The average molecular weight is 366 g/mol. The molecule has 0 unspecified atom stereocenters. The fourth-order valence-electron chi connectivity index (χ4n) is 1.39. The molecule has 1 heterocycles. The molecule has 0 bridgehead atoms. The maximum absolute atomic E-state index is 11.3. The number of nitrogens with one attached hydrogen (secondary N) is 2. The van der Waals surface area contributed by atoms with E-state index in [-0.39, 0.29) is 11.4 Å². The van der Waals surface area contributed by atoms with Crippen LogP contribution in [0.5, 0.6) is 5.88 Å². The van der Waals surface area contributed by atoms with Gasteiger partial charge in [0.1, 0.15) is 12.3 Å². The molecule has 0 saturated carbocycles. The highest BCUT2D eigenvalue weighted by Gasteiger charge is 2.12. The molecule has 0 spiro atoms. The summed E-state index contributed by atoms with van der Waals surface area (Å²) in [4.78, 5) is 4.07.